The van der Waals surface area contributed by atoms with Crippen molar-refractivity contribution in [3.63, 3.8) is 0 Å². The van der Waals surface area contributed by atoms with E-state index in [9.17, 15) is 82.1 Å². The van der Waals surface area contributed by atoms with E-state index in [1.54, 1.807) is 74.5 Å². The third-order valence-electron chi connectivity index (χ3n) is 16.7. The van der Waals surface area contributed by atoms with Crippen molar-refractivity contribution in [2.75, 3.05) is 44.2 Å². The minimum atomic E-state index is -1.89. The Balaban J connectivity index is 1.34. The van der Waals surface area contributed by atoms with Crippen molar-refractivity contribution in [1.82, 2.24) is 84.0 Å². The van der Waals surface area contributed by atoms with Gasteiger partial charge < -0.3 is 101 Å². The highest BCUT2D eigenvalue weighted by Gasteiger charge is 2.42. The van der Waals surface area contributed by atoms with Gasteiger partial charge in [0.25, 0.3) is 5.91 Å². The molecule has 2 saturated heterocycles. The molecule has 0 saturated carbocycles. The van der Waals surface area contributed by atoms with Crippen LogP contribution in [-0.2, 0) is 97.6 Å². The van der Waals surface area contributed by atoms with Crippen LogP contribution in [0.2, 0.25) is 0 Å². The number of nitrogens with one attached hydrogen (secondary N) is 15. The van der Waals surface area contributed by atoms with Gasteiger partial charge in [0, 0.05) is 63.4 Å². The number of aliphatic hydroxyl groups excluding tert-OH is 1. The number of amides is 14. The van der Waals surface area contributed by atoms with E-state index in [1.807, 2.05) is 0 Å². The molecule has 3 aromatic carbocycles. The summed E-state index contributed by atoms with van der Waals surface area (Å²) in [6.45, 7) is 3.39. The number of aliphatic hydroxyl groups is 1. The average molecular weight is 1520 g/mol. The number of phenolic OH excluding ortho intramolecular Hbond substituents is 1. The van der Waals surface area contributed by atoms with Crippen LogP contribution in [-0.4, -0.2) is 230 Å². The molecule has 21 N–H and O–H groups in total. The number of carbonyl (C=O) groups excluding carboxylic acids is 15. The van der Waals surface area contributed by atoms with Gasteiger partial charge in [0.1, 0.15) is 66.2 Å². The molecule has 0 bridgehead atoms. The lowest BCUT2D eigenvalue weighted by Gasteiger charge is -2.28. The van der Waals surface area contributed by atoms with E-state index in [2.05, 4.69) is 79.1 Å². The molecule has 3 heterocycles. The first-order chi connectivity index (χ1) is 50.9. The topological polar surface area (TPSA) is 561 Å². The van der Waals surface area contributed by atoms with Gasteiger partial charge in [-0.2, -0.15) is 0 Å². The Morgan fingerprint density at radius 1 is 0.636 bits per heavy atom. The van der Waals surface area contributed by atoms with Crippen molar-refractivity contribution in [3.05, 3.63) is 120 Å². The van der Waals surface area contributed by atoms with E-state index in [-0.39, 0.29) is 100.0 Å². The highest BCUT2D eigenvalue weighted by molar-refractivity contribution is 8.76. The summed E-state index contributed by atoms with van der Waals surface area (Å²) in [5.41, 5.74) is 13.0. The molecule has 2 fully saturated rings. The molecular formula is C69H93N19O17S2. The van der Waals surface area contributed by atoms with Crippen molar-refractivity contribution in [1.29, 1.82) is 5.41 Å². The molecule has 578 valence electrons. The molecule has 14 amide bonds. The quantitative estimate of drug-likeness (QED) is 0.0122. The van der Waals surface area contributed by atoms with Crippen LogP contribution in [0.25, 0.3) is 0 Å². The first kappa shape index (κ1) is 84.8. The monoisotopic (exact) mass is 1520 g/mol. The fraction of sp³-hybridized carbons (Fsp3) is 0.464. The number of hydrogen-bond donors (Lipinski definition) is 19. The first-order valence-electron chi connectivity index (χ1n) is 34.4. The van der Waals surface area contributed by atoms with Gasteiger partial charge in [0.05, 0.1) is 37.8 Å². The number of hydrogen-bond acceptors (Lipinski definition) is 21. The normalized spacial score (nSPS) is 22.2. The molecule has 0 spiro atoms. The number of benzene rings is 3. The Kier molecular flexibility index (Phi) is 33.8. The van der Waals surface area contributed by atoms with Crippen molar-refractivity contribution < 1.29 is 82.1 Å². The van der Waals surface area contributed by atoms with Crippen LogP contribution in [0.5, 0.6) is 5.75 Å². The van der Waals surface area contributed by atoms with Crippen LogP contribution in [0.4, 0.5) is 0 Å². The molecule has 107 heavy (non-hydrogen) atoms. The Morgan fingerprint density at radius 2 is 1.22 bits per heavy atom. The molecule has 2 aliphatic heterocycles. The van der Waals surface area contributed by atoms with Crippen LogP contribution in [0.15, 0.2) is 97.5 Å². The number of fused-ring (bicyclic) bond motifs is 1. The standard InChI is InChI=1S/C69H93N19O17S2/c1-37(2)25-47-62(99)82-46(26-42-19-21-44(91)22-20-42)58(95)68(105)88-24-12-18-53(88)66(103)85-51(59(70)96)34-106-107-35-52(86-63(100)49(28-41-15-9-6-10-16-41)84-61(98)45(79-39(4)90)17-11-23-74-69(71)72)65(102)87-57(38(3)89)67(104)77-33-56(94)81-50(29-43-30-73-36-78-43)64(101)83-48(27-40-13-7-5-8-14-40)60(97)76-31-54(92)75-32-55(93)80-47/h5-10,13-16,19-22,30,36-38,45-53,57,89,91H,11-12,17-18,23-29,31-35H2,1-4H3,(H2,70,96)(H,73,78)(H,75,92)(H,76,97)(H,77,104)(H,79,90)(H,80,93)(H,81,94)(H,82,99)(H,83,101)(H,84,98)(H,85,103)(H,86,100)(H,87,102)(H4,71,72,74)/t38-,45+,46+,47+,48+,49+,50+,51+,52+,53+,57+/m1/s1. The van der Waals surface area contributed by atoms with E-state index in [4.69, 9.17) is 16.9 Å². The van der Waals surface area contributed by atoms with Gasteiger partial charge in [-0.15, -0.1) is 0 Å². The van der Waals surface area contributed by atoms with Crippen LogP contribution in [0.1, 0.15) is 82.2 Å². The molecule has 0 aliphatic carbocycles. The third-order valence-corrected chi connectivity index (χ3v) is 19.1. The third kappa shape index (κ3) is 28.7. The number of aromatic hydroxyl groups is 1. The van der Waals surface area contributed by atoms with Crippen molar-refractivity contribution in [2.45, 2.75) is 152 Å². The molecule has 0 unspecified atom stereocenters. The maximum Gasteiger partial charge on any atom is 0.292 e. The molecule has 6 rings (SSSR count). The number of aromatic amines is 1. The number of rotatable bonds is 21. The van der Waals surface area contributed by atoms with E-state index < -0.39 is 180 Å². The lowest BCUT2D eigenvalue weighted by Crippen LogP contribution is -2.61. The number of primary amides is 1. The second kappa shape index (κ2) is 42.7. The number of H-pyrrole nitrogens is 1. The van der Waals surface area contributed by atoms with Crippen molar-refractivity contribution in [3.8, 4) is 5.75 Å². The Labute approximate surface area is 623 Å². The minimum Gasteiger partial charge on any atom is -0.508 e. The molecule has 38 heteroatoms. The largest absolute Gasteiger partial charge is 0.508 e. The second-order valence-electron chi connectivity index (χ2n) is 25.9. The second-order valence-corrected chi connectivity index (χ2v) is 28.4. The maximum atomic E-state index is 14.7. The average Bonchev–Trinajstić information content (AvgIpc) is 1.77. The van der Waals surface area contributed by atoms with Gasteiger partial charge in [-0.3, -0.25) is 77.3 Å². The van der Waals surface area contributed by atoms with Gasteiger partial charge in [-0.25, -0.2) is 4.98 Å². The highest BCUT2D eigenvalue weighted by Crippen LogP contribution is 2.25. The van der Waals surface area contributed by atoms with Crippen molar-refractivity contribution >= 4 is 116 Å². The Bertz CT molecular complexity index is 3780. The molecule has 1 aromatic heterocycles. The van der Waals surface area contributed by atoms with E-state index >= 15 is 0 Å². The first-order valence-corrected chi connectivity index (χ1v) is 36.9. The summed E-state index contributed by atoms with van der Waals surface area (Å²) >= 11 is 0. The predicted octanol–water partition coefficient (Wildman–Crippen LogP) is -4.75. The molecule has 11 atom stereocenters. The summed E-state index contributed by atoms with van der Waals surface area (Å²) < 4.78 is 0. The number of imidazole rings is 1. The fourth-order valence-electron chi connectivity index (χ4n) is 11.3. The summed E-state index contributed by atoms with van der Waals surface area (Å²) in [6, 6.07) is 7.02. The fourth-order valence-corrected chi connectivity index (χ4v) is 13.6. The smallest absolute Gasteiger partial charge is 0.292 e. The number of carbonyl (C=O) groups is 15. The van der Waals surface area contributed by atoms with Gasteiger partial charge in [-0.05, 0) is 73.8 Å². The van der Waals surface area contributed by atoms with E-state index in [0.29, 0.717) is 16.7 Å². The zero-order valence-electron chi connectivity index (χ0n) is 59.4. The zero-order chi connectivity index (χ0) is 78.3. The highest BCUT2D eigenvalue weighted by atomic mass is 33.1. The summed E-state index contributed by atoms with van der Waals surface area (Å²) in [6.07, 6.45) is 0.384. The summed E-state index contributed by atoms with van der Waals surface area (Å²) in [4.78, 5) is 218. The molecule has 36 nitrogen and oxygen atoms in total. The number of Topliss-reactive ketones (excluding diaryl/α,β-unsaturated/α-hetero) is 1. The molecule has 4 aromatic rings. The summed E-state index contributed by atoms with van der Waals surface area (Å²) in [5.74, 6) is -16.1. The van der Waals surface area contributed by atoms with E-state index in [1.165, 1.54) is 43.7 Å². The summed E-state index contributed by atoms with van der Waals surface area (Å²) in [7, 11) is 1.69. The van der Waals surface area contributed by atoms with Gasteiger partial charge >= 0.3 is 0 Å². The van der Waals surface area contributed by atoms with Crippen molar-refractivity contribution in [2.24, 2.45) is 17.4 Å². The Hall–Kier alpha value is -11.1. The number of nitrogens with two attached hydrogens (primary N) is 2. The molecule has 0 radical (unpaired) electrons. The SMILES string of the molecule is CC(=O)N[C@@H](CCCNC(=N)N)C(=O)N[C@@H](Cc1ccccc1)C(=O)N[C@H]1CSSC[C@@H](C(N)=O)NC(=O)[C@@H]2CCCN2C(=O)C(=O)[C@H](Cc2ccc(O)cc2)NC(=O)[C@H](CC(C)C)NC(=O)CNC(=O)CNC(=O)[C@H](Cc2ccccc2)NC(=O)[C@H](Cc2c[nH]cn2)NC(=O)CNC(=O)[C@H]([C@@H](C)O)NC1=O. The number of aromatic nitrogens is 2. The molecule has 2 aliphatic rings. The predicted molar refractivity (Wildman–Crippen MR) is 391 cm³/mol. The zero-order valence-corrected chi connectivity index (χ0v) is 61.0. The van der Waals surface area contributed by atoms with Crippen LogP contribution in [0, 0.1) is 11.3 Å². The maximum absolute atomic E-state index is 14.7. The number of ketones is 1. The summed E-state index contributed by atoms with van der Waals surface area (Å²) in [5, 5.41) is 61.4. The van der Waals surface area contributed by atoms with Gasteiger partial charge in [0.15, 0.2) is 5.96 Å². The minimum absolute atomic E-state index is 0.00524. The lowest BCUT2D eigenvalue weighted by molar-refractivity contribution is -0.149. The van der Waals surface area contributed by atoms with E-state index in [0.717, 1.165) is 33.4 Å². The number of guanidine groups is 1. The van der Waals surface area contributed by atoms with Crippen LogP contribution >= 0.6 is 21.6 Å². The lowest BCUT2D eigenvalue weighted by atomic mass is 9.98. The van der Waals surface area contributed by atoms with Crippen LogP contribution in [0.3, 0.4) is 0 Å². The van der Waals surface area contributed by atoms with Gasteiger partial charge in [-0.1, -0.05) is 108 Å². The number of phenols is 1. The number of nitrogens with zero attached hydrogens (tertiary/aromatic N) is 2. The Morgan fingerprint density at radius 3 is 1.85 bits per heavy atom. The van der Waals surface area contributed by atoms with Gasteiger partial charge in [0.2, 0.25) is 82.6 Å². The van der Waals surface area contributed by atoms with Crippen LogP contribution < -0.4 is 80.6 Å². The molecular weight excluding hydrogens is 1430 g/mol.